The van der Waals surface area contributed by atoms with Crippen molar-refractivity contribution in [2.24, 2.45) is 0 Å². The number of amides is 1. The van der Waals surface area contributed by atoms with Crippen molar-refractivity contribution in [3.8, 4) is 0 Å². The number of halogens is 1. The zero-order valence-corrected chi connectivity index (χ0v) is 13.8. The highest BCUT2D eigenvalue weighted by Crippen LogP contribution is 2.14. The van der Waals surface area contributed by atoms with E-state index < -0.39 is 0 Å². The first-order chi connectivity index (χ1) is 10.6. The topological polar surface area (TPSA) is 23.6 Å². The molecule has 0 spiro atoms. The Labute approximate surface area is 137 Å². The summed E-state index contributed by atoms with van der Waals surface area (Å²) in [6.45, 7) is 3.78. The first kappa shape index (κ1) is 16.4. The molecule has 0 fully saturated rings. The summed E-state index contributed by atoms with van der Waals surface area (Å²) < 4.78 is 0. The number of nitrogens with zero attached hydrogens (tertiary/aromatic N) is 2. The second-order valence-corrected chi connectivity index (χ2v) is 5.67. The van der Waals surface area contributed by atoms with E-state index in [1.54, 1.807) is 4.90 Å². The Balaban J connectivity index is 1.98. The number of hydrogen-bond donors (Lipinski definition) is 0. The minimum atomic E-state index is 0.0886. The molecule has 0 unspecified atom stereocenters. The summed E-state index contributed by atoms with van der Waals surface area (Å²) in [7, 11) is 1.82. The number of para-hydroxylation sites is 1. The molecule has 0 saturated heterocycles. The second-order valence-electron chi connectivity index (χ2n) is 5.23. The molecule has 0 atom stereocenters. The van der Waals surface area contributed by atoms with E-state index >= 15 is 0 Å². The molecule has 116 valence electrons. The Morgan fingerprint density at radius 2 is 1.82 bits per heavy atom. The third-order valence-electron chi connectivity index (χ3n) is 3.56. The lowest BCUT2D eigenvalue weighted by Crippen LogP contribution is -2.38. The van der Waals surface area contributed by atoms with Gasteiger partial charge in [-0.3, -0.25) is 4.79 Å². The molecule has 2 aromatic carbocycles. The van der Waals surface area contributed by atoms with Gasteiger partial charge in [0.05, 0.1) is 6.54 Å². The van der Waals surface area contributed by atoms with Crippen molar-refractivity contribution in [3.63, 3.8) is 0 Å². The molecule has 0 aromatic heterocycles. The van der Waals surface area contributed by atoms with Gasteiger partial charge in [-0.2, -0.15) is 0 Å². The molecular weight excluding hydrogens is 296 g/mol. The maximum absolute atomic E-state index is 12.4. The Morgan fingerprint density at radius 3 is 2.45 bits per heavy atom. The fourth-order valence-corrected chi connectivity index (χ4v) is 2.52. The minimum absolute atomic E-state index is 0.0886. The van der Waals surface area contributed by atoms with Crippen LogP contribution in [0.2, 0.25) is 5.02 Å². The van der Waals surface area contributed by atoms with Gasteiger partial charge in [-0.15, -0.1) is 0 Å². The Kier molecular flexibility index (Phi) is 5.84. The molecule has 4 heteroatoms. The maximum atomic E-state index is 12.4. The smallest absolute Gasteiger partial charge is 0.242 e. The summed E-state index contributed by atoms with van der Waals surface area (Å²) in [4.78, 5) is 16.2. The normalized spacial score (nSPS) is 10.3. The highest BCUT2D eigenvalue weighted by Gasteiger charge is 2.14. The van der Waals surface area contributed by atoms with Crippen molar-refractivity contribution in [2.45, 2.75) is 13.5 Å². The predicted octanol–water partition coefficient (Wildman–Crippen LogP) is 3.82. The van der Waals surface area contributed by atoms with E-state index in [4.69, 9.17) is 11.6 Å². The van der Waals surface area contributed by atoms with Gasteiger partial charge < -0.3 is 9.80 Å². The molecule has 0 N–H and O–H groups in total. The van der Waals surface area contributed by atoms with Crippen LogP contribution in [0, 0.1) is 0 Å². The molecule has 0 aliphatic rings. The average molecular weight is 317 g/mol. The summed E-state index contributed by atoms with van der Waals surface area (Å²) >= 11 is 5.98. The first-order valence-electron chi connectivity index (χ1n) is 7.38. The van der Waals surface area contributed by atoms with Crippen molar-refractivity contribution in [3.05, 3.63) is 65.2 Å². The fraction of sp³-hybridized carbons (Fsp3) is 0.278. The fourth-order valence-electron chi connectivity index (χ4n) is 2.31. The second kappa shape index (κ2) is 7.85. The maximum Gasteiger partial charge on any atom is 0.242 e. The van der Waals surface area contributed by atoms with Gasteiger partial charge in [0.2, 0.25) is 5.91 Å². The van der Waals surface area contributed by atoms with Gasteiger partial charge in [0.1, 0.15) is 0 Å². The van der Waals surface area contributed by atoms with Crippen LogP contribution in [0.3, 0.4) is 0 Å². The molecule has 1 amide bonds. The summed E-state index contributed by atoms with van der Waals surface area (Å²) in [6.07, 6.45) is 0. The van der Waals surface area contributed by atoms with E-state index in [2.05, 4.69) is 11.8 Å². The molecule has 0 radical (unpaired) electrons. The molecule has 0 bridgehead atoms. The number of anilines is 1. The van der Waals surface area contributed by atoms with Crippen LogP contribution >= 0.6 is 11.6 Å². The minimum Gasteiger partial charge on any atom is -0.362 e. The van der Waals surface area contributed by atoms with Crippen LogP contribution in [-0.2, 0) is 11.3 Å². The third-order valence-corrected chi connectivity index (χ3v) is 3.80. The summed E-state index contributed by atoms with van der Waals surface area (Å²) in [5.41, 5.74) is 2.10. The van der Waals surface area contributed by atoms with Crippen molar-refractivity contribution in [1.29, 1.82) is 0 Å². The Hall–Kier alpha value is -2.00. The van der Waals surface area contributed by atoms with Crippen molar-refractivity contribution in [2.75, 3.05) is 25.0 Å². The Bertz CT molecular complexity index is 615. The van der Waals surface area contributed by atoms with Crippen LogP contribution in [0.4, 0.5) is 5.69 Å². The van der Waals surface area contributed by atoms with E-state index in [-0.39, 0.29) is 5.91 Å². The van der Waals surface area contributed by atoms with Crippen LogP contribution < -0.4 is 4.90 Å². The van der Waals surface area contributed by atoms with Crippen LogP contribution in [0.15, 0.2) is 54.6 Å². The summed E-state index contributed by atoms with van der Waals surface area (Å²) in [5, 5.41) is 0.692. The number of carbonyl (C=O) groups excluding carboxylic acids is 1. The predicted molar refractivity (Wildman–Crippen MR) is 92.3 cm³/mol. The van der Waals surface area contributed by atoms with Crippen molar-refractivity contribution in [1.82, 2.24) is 4.90 Å². The molecule has 22 heavy (non-hydrogen) atoms. The highest BCUT2D eigenvalue weighted by atomic mass is 35.5. The van der Waals surface area contributed by atoms with Gasteiger partial charge in [-0.1, -0.05) is 41.9 Å². The van der Waals surface area contributed by atoms with Gasteiger partial charge in [0.25, 0.3) is 0 Å². The molecule has 3 nitrogen and oxygen atoms in total. The van der Waals surface area contributed by atoms with E-state index in [0.717, 1.165) is 17.8 Å². The van der Waals surface area contributed by atoms with Gasteiger partial charge in [0, 0.05) is 30.8 Å². The highest BCUT2D eigenvalue weighted by molar-refractivity contribution is 6.30. The lowest BCUT2D eigenvalue weighted by Gasteiger charge is -2.26. The van der Waals surface area contributed by atoms with E-state index in [1.807, 2.05) is 61.6 Å². The van der Waals surface area contributed by atoms with Gasteiger partial charge in [-0.25, -0.2) is 0 Å². The summed E-state index contributed by atoms with van der Waals surface area (Å²) in [6, 6.07) is 17.6. The molecule has 0 aliphatic carbocycles. The number of carbonyl (C=O) groups is 1. The molecule has 0 aliphatic heterocycles. The monoisotopic (exact) mass is 316 g/mol. The van der Waals surface area contributed by atoms with E-state index in [1.165, 1.54) is 0 Å². The van der Waals surface area contributed by atoms with Crippen LogP contribution in [-0.4, -0.2) is 30.9 Å². The van der Waals surface area contributed by atoms with Crippen LogP contribution in [0.1, 0.15) is 12.5 Å². The van der Waals surface area contributed by atoms with Gasteiger partial charge in [0.15, 0.2) is 0 Å². The van der Waals surface area contributed by atoms with Crippen LogP contribution in [0.5, 0.6) is 0 Å². The third kappa shape index (κ3) is 4.50. The molecule has 2 aromatic rings. The van der Waals surface area contributed by atoms with Crippen molar-refractivity contribution < 1.29 is 4.79 Å². The largest absolute Gasteiger partial charge is 0.362 e. The van der Waals surface area contributed by atoms with Crippen LogP contribution in [0.25, 0.3) is 0 Å². The first-order valence-corrected chi connectivity index (χ1v) is 7.76. The Morgan fingerprint density at radius 1 is 1.09 bits per heavy atom. The lowest BCUT2D eigenvalue weighted by molar-refractivity contribution is -0.128. The average Bonchev–Trinajstić information content (AvgIpc) is 2.53. The van der Waals surface area contributed by atoms with E-state index in [9.17, 15) is 4.79 Å². The zero-order chi connectivity index (χ0) is 15.9. The number of rotatable bonds is 6. The number of hydrogen-bond acceptors (Lipinski definition) is 2. The SMILES string of the molecule is CCN(CC(=O)N(C)Cc1cccc(Cl)c1)c1ccccc1. The van der Waals surface area contributed by atoms with E-state index in [0.29, 0.717) is 18.1 Å². The molecule has 0 saturated carbocycles. The summed E-state index contributed by atoms with van der Waals surface area (Å²) in [5.74, 6) is 0.0886. The van der Waals surface area contributed by atoms with Gasteiger partial charge in [-0.05, 0) is 36.8 Å². The molecule has 0 heterocycles. The number of likely N-dealkylation sites (N-methyl/N-ethyl adjacent to an activating group) is 2. The zero-order valence-electron chi connectivity index (χ0n) is 13.0. The van der Waals surface area contributed by atoms with Crippen molar-refractivity contribution >= 4 is 23.2 Å². The molecular formula is C18H21ClN2O. The standard InChI is InChI=1S/C18H21ClN2O/c1-3-21(17-10-5-4-6-11-17)14-18(22)20(2)13-15-8-7-9-16(19)12-15/h4-12H,3,13-14H2,1-2H3. The number of benzene rings is 2. The lowest BCUT2D eigenvalue weighted by atomic mass is 10.2. The quantitative estimate of drug-likeness (QED) is 0.808. The van der Waals surface area contributed by atoms with Gasteiger partial charge >= 0.3 is 0 Å². The molecule has 2 rings (SSSR count).